The van der Waals surface area contributed by atoms with Gasteiger partial charge in [-0.1, -0.05) is 79.7 Å². The number of hydrogen-bond acceptors (Lipinski definition) is 3. The van der Waals surface area contributed by atoms with Gasteiger partial charge in [0.15, 0.2) is 6.10 Å². The van der Waals surface area contributed by atoms with Crippen molar-refractivity contribution in [2.75, 3.05) is 10.6 Å². The van der Waals surface area contributed by atoms with Gasteiger partial charge in [-0.15, -0.1) is 0 Å². The van der Waals surface area contributed by atoms with Crippen LogP contribution < -0.4 is 15.4 Å². The molecule has 4 rings (SSSR count). The van der Waals surface area contributed by atoms with Gasteiger partial charge in [-0.2, -0.15) is 0 Å². The van der Waals surface area contributed by atoms with Gasteiger partial charge in [0.1, 0.15) is 5.75 Å². The van der Waals surface area contributed by atoms with Crippen molar-refractivity contribution in [3.8, 4) is 16.9 Å². The van der Waals surface area contributed by atoms with Gasteiger partial charge in [-0.05, 0) is 65.9 Å². The van der Waals surface area contributed by atoms with E-state index in [1.165, 1.54) is 0 Å². The highest BCUT2D eigenvalue weighted by atomic mass is 16.5. The SMILES string of the molecule is CCC(Oc1ccc(-c2ccccc2)cc1)C(=O)Nc1ccc(NC(=O)CCc2ccccc2)cc1. The second-order valence-electron chi connectivity index (χ2n) is 8.51. The van der Waals surface area contributed by atoms with E-state index in [0.29, 0.717) is 36.4 Å². The van der Waals surface area contributed by atoms with Crippen molar-refractivity contribution in [3.05, 3.63) is 115 Å². The first-order valence-electron chi connectivity index (χ1n) is 12.2. The van der Waals surface area contributed by atoms with E-state index >= 15 is 0 Å². The minimum atomic E-state index is -0.620. The van der Waals surface area contributed by atoms with E-state index in [-0.39, 0.29) is 11.8 Å². The van der Waals surface area contributed by atoms with E-state index in [2.05, 4.69) is 22.8 Å². The van der Waals surface area contributed by atoms with Crippen molar-refractivity contribution < 1.29 is 14.3 Å². The Morgan fingerprint density at radius 1 is 0.694 bits per heavy atom. The van der Waals surface area contributed by atoms with E-state index in [0.717, 1.165) is 16.7 Å². The number of aryl methyl sites for hydroxylation is 1. The summed E-state index contributed by atoms with van der Waals surface area (Å²) in [5.74, 6) is 0.378. The third-order valence-electron chi connectivity index (χ3n) is 5.82. The Morgan fingerprint density at radius 3 is 1.86 bits per heavy atom. The molecule has 0 fully saturated rings. The van der Waals surface area contributed by atoms with Gasteiger partial charge in [-0.25, -0.2) is 0 Å². The summed E-state index contributed by atoms with van der Waals surface area (Å²) in [6.07, 6.45) is 1.00. The van der Waals surface area contributed by atoms with Gasteiger partial charge >= 0.3 is 0 Å². The zero-order valence-electron chi connectivity index (χ0n) is 20.3. The highest BCUT2D eigenvalue weighted by molar-refractivity contribution is 5.95. The van der Waals surface area contributed by atoms with Crippen LogP contribution in [0.15, 0.2) is 109 Å². The van der Waals surface area contributed by atoms with Crippen LogP contribution in [-0.4, -0.2) is 17.9 Å². The molecule has 0 aromatic heterocycles. The van der Waals surface area contributed by atoms with Gasteiger partial charge < -0.3 is 15.4 Å². The maximum atomic E-state index is 12.8. The molecule has 4 aromatic carbocycles. The lowest BCUT2D eigenvalue weighted by atomic mass is 10.1. The van der Waals surface area contributed by atoms with Crippen LogP contribution in [0.2, 0.25) is 0 Å². The van der Waals surface area contributed by atoms with E-state index in [1.54, 1.807) is 24.3 Å². The number of rotatable bonds is 10. The summed E-state index contributed by atoms with van der Waals surface area (Å²) in [4.78, 5) is 25.1. The Kier molecular flexibility index (Phi) is 8.49. The van der Waals surface area contributed by atoms with Gasteiger partial charge in [0.2, 0.25) is 5.91 Å². The average molecular weight is 479 g/mol. The number of ether oxygens (including phenoxy) is 1. The molecule has 0 radical (unpaired) electrons. The second kappa shape index (κ2) is 12.4. The number of nitrogens with one attached hydrogen (secondary N) is 2. The summed E-state index contributed by atoms with van der Waals surface area (Å²) in [6.45, 7) is 1.91. The van der Waals surface area contributed by atoms with Gasteiger partial charge in [0.05, 0.1) is 0 Å². The highest BCUT2D eigenvalue weighted by Crippen LogP contribution is 2.23. The van der Waals surface area contributed by atoms with Gasteiger partial charge in [-0.3, -0.25) is 9.59 Å². The number of benzene rings is 4. The molecule has 2 N–H and O–H groups in total. The predicted molar refractivity (Wildman–Crippen MR) is 145 cm³/mol. The maximum absolute atomic E-state index is 12.8. The Morgan fingerprint density at radius 2 is 1.25 bits per heavy atom. The molecule has 0 aliphatic heterocycles. The normalized spacial score (nSPS) is 11.4. The molecule has 0 bridgehead atoms. The Balaban J connectivity index is 1.28. The Hall–Kier alpha value is -4.38. The summed E-state index contributed by atoms with van der Waals surface area (Å²) in [5, 5.41) is 5.80. The molecule has 0 heterocycles. The fourth-order valence-corrected chi connectivity index (χ4v) is 3.83. The molecule has 36 heavy (non-hydrogen) atoms. The molecule has 0 saturated carbocycles. The van der Waals surface area contributed by atoms with Crippen LogP contribution in [0, 0.1) is 0 Å². The molecule has 1 unspecified atom stereocenters. The summed E-state index contributed by atoms with van der Waals surface area (Å²) in [6, 6.07) is 34.9. The quantitative estimate of drug-likeness (QED) is 0.266. The molecular formula is C31H30N2O3. The molecular weight excluding hydrogens is 448 g/mol. The third kappa shape index (κ3) is 7.06. The van der Waals surface area contributed by atoms with Crippen molar-refractivity contribution in [3.63, 3.8) is 0 Å². The number of carbonyl (C=O) groups is 2. The topological polar surface area (TPSA) is 67.4 Å². The van der Waals surface area contributed by atoms with E-state index < -0.39 is 6.10 Å². The maximum Gasteiger partial charge on any atom is 0.265 e. The summed E-state index contributed by atoms with van der Waals surface area (Å²) < 4.78 is 5.96. The number of hydrogen-bond donors (Lipinski definition) is 2. The molecule has 1 atom stereocenters. The van der Waals surface area contributed by atoms with Crippen molar-refractivity contribution >= 4 is 23.2 Å². The van der Waals surface area contributed by atoms with Crippen LogP contribution in [0.3, 0.4) is 0 Å². The fraction of sp³-hybridized carbons (Fsp3) is 0.161. The summed E-state index contributed by atoms with van der Waals surface area (Å²) >= 11 is 0. The largest absolute Gasteiger partial charge is 0.481 e. The minimum absolute atomic E-state index is 0.0478. The van der Waals surface area contributed by atoms with Crippen molar-refractivity contribution in [2.24, 2.45) is 0 Å². The molecule has 0 aliphatic carbocycles. The Bertz CT molecular complexity index is 1250. The average Bonchev–Trinajstić information content (AvgIpc) is 2.93. The first-order chi connectivity index (χ1) is 17.6. The lowest BCUT2D eigenvalue weighted by molar-refractivity contribution is -0.122. The number of anilines is 2. The smallest absolute Gasteiger partial charge is 0.265 e. The van der Waals surface area contributed by atoms with E-state index in [9.17, 15) is 9.59 Å². The van der Waals surface area contributed by atoms with Crippen molar-refractivity contribution in [1.82, 2.24) is 0 Å². The van der Waals surface area contributed by atoms with Crippen LogP contribution in [0.1, 0.15) is 25.3 Å². The lowest BCUT2D eigenvalue weighted by Gasteiger charge is -2.18. The standard InChI is InChI=1S/C31H30N2O3/c1-2-29(36-28-20-14-25(15-21-28)24-11-7-4-8-12-24)31(35)33-27-18-16-26(17-19-27)32-30(34)22-13-23-9-5-3-6-10-23/h3-12,14-21,29H,2,13,22H2,1H3,(H,32,34)(H,33,35). The van der Waals surface area contributed by atoms with E-state index in [4.69, 9.17) is 4.74 Å². The van der Waals surface area contributed by atoms with Gasteiger partial charge in [0, 0.05) is 17.8 Å². The zero-order valence-corrected chi connectivity index (χ0v) is 20.3. The molecule has 0 saturated heterocycles. The number of amides is 2. The highest BCUT2D eigenvalue weighted by Gasteiger charge is 2.18. The zero-order chi connectivity index (χ0) is 25.2. The summed E-state index contributed by atoms with van der Waals surface area (Å²) in [7, 11) is 0. The third-order valence-corrected chi connectivity index (χ3v) is 5.82. The fourth-order valence-electron chi connectivity index (χ4n) is 3.83. The number of carbonyl (C=O) groups excluding carboxylic acids is 2. The van der Waals surface area contributed by atoms with Crippen LogP contribution in [0.25, 0.3) is 11.1 Å². The van der Waals surface area contributed by atoms with Gasteiger partial charge in [0.25, 0.3) is 5.91 Å². The molecule has 182 valence electrons. The monoisotopic (exact) mass is 478 g/mol. The summed E-state index contributed by atoms with van der Waals surface area (Å²) in [5.41, 5.74) is 4.68. The lowest BCUT2D eigenvalue weighted by Crippen LogP contribution is -2.32. The van der Waals surface area contributed by atoms with Crippen LogP contribution in [0.5, 0.6) is 5.75 Å². The van der Waals surface area contributed by atoms with Crippen LogP contribution in [-0.2, 0) is 16.0 Å². The molecule has 0 spiro atoms. The van der Waals surface area contributed by atoms with Crippen LogP contribution >= 0.6 is 0 Å². The first kappa shape index (κ1) is 24.7. The molecule has 0 aliphatic rings. The molecule has 5 heteroatoms. The first-order valence-corrected chi connectivity index (χ1v) is 12.2. The Labute approximate surface area is 212 Å². The molecule has 4 aromatic rings. The van der Waals surface area contributed by atoms with Crippen molar-refractivity contribution in [2.45, 2.75) is 32.3 Å². The molecule has 2 amide bonds. The molecule has 5 nitrogen and oxygen atoms in total. The van der Waals surface area contributed by atoms with Crippen LogP contribution in [0.4, 0.5) is 11.4 Å². The second-order valence-corrected chi connectivity index (χ2v) is 8.51. The minimum Gasteiger partial charge on any atom is -0.481 e. The van der Waals surface area contributed by atoms with Crippen molar-refractivity contribution in [1.29, 1.82) is 0 Å². The predicted octanol–water partition coefficient (Wildman–Crippen LogP) is 6.72. The van der Waals surface area contributed by atoms with E-state index in [1.807, 2.05) is 79.7 Å².